The van der Waals surface area contributed by atoms with Crippen LogP contribution >= 0.6 is 0 Å². The number of aryl methyl sites for hydroxylation is 2. The third-order valence-electron chi connectivity index (χ3n) is 3.47. The number of esters is 1. The number of ether oxygens (including phenoxy) is 1. The molecule has 8 nitrogen and oxygen atoms in total. The van der Waals surface area contributed by atoms with E-state index in [4.69, 9.17) is 0 Å². The fourth-order valence-electron chi connectivity index (χ4n) is 2.25. The van der Waals surface area contributed by atoms with Gasteiger partial charge < -0.3 is 10.1 Å². The lowest BCUT2D eigenvalue weighted by Gasteiger charge is -2.10. The molecular formula is C14H19N5O3. The van der Waals surface area contributed by atoms with Gasteiger partial charge in [0.2, 0.25) is 5.91 Å². The van der Waals surface area contributed by atoms with Crippen LogP contribution in [-0.2, 0) is 20.7 Å². The standard InChI is InChI=1S/C14H19N5O3/c1-9-11(10(2)19-14(18-9)16-8-17-19)4-5-12(20)15-7-6-13(21)22-3/h8H,4-7H2,1-3H3,(H,15,20). The van der Waals surface area contributed by atoms with E-state index >= 15 is 0 Å². The van der Waals surface area contributed by atoms with E-state index < -0.39 is 0 Å². The van der Waals surface area contributed by atoms with E-state index in [0.29, 0.717) is 18.6 Å². The highest BCUT2D eigenvalue weighted by Crippen LogP contribution is 2.14. The molecule has 0 bridgehead atoms. The molecule has 0 aromatic carbocycles. The molecule has 1 amide bonds. The Bertz CT molecular complexity index is 695. The van der Waals surface area contributed by atoms with Crippen molar-refractivity contribution in [2.24, 2.45) is 0 Å². The van der Waals surface area contributed by atoms with Crippen LogP contribution in [0.4, 0.5) is 0 Å². The highest BCUT2D eigenvalue weighted by atomic mass is 16.5. The average molecular weight is 305 g/mol. The van der Waals surface area contributed by atoms with Crippen molar-refractivity contribution in [3.8, 4) is 0 Å². The number of rotatable bonds is 6. The molecule has 0 unspecified atom stereocenters. The molecule has 0 atom stereocenters. The van der Waals surface area contributed by atoms with Crippen molar-refractivity contribution in [2.45, 2.75) is 33.1 Å². The van der Waals surface area contributed by atoms with E-state index in [-0.39, 0.29) is 24.8 Å². The molecule has 0 saturated carbocycles. The van der Waals surface area contributed by atoms with E-state index in [1.54, 1.807) is 4.52 Å². The van der Waals surface area contributed by atoms with E-state index in [1.165, 1.54) is 13.4 Å². The van der Waals surface area contributed by atoms with Gasteiger partial charge >= 0.3 is 5.97 Å². The van der Waals surface area contributed by atoms with Gasteiger partial charge in [-0.05, 0) is 25.8 Å². The lowest BCUT2D eigenvalue weighted by molar-refractivity contribution is -0.140. The van der Waals surface area contributed by atoms with Gasteiger partial charge in [-0.15, -0.1) is 0 Å². The molecule has 0 aliphatic heterocycles. The molecule has 0 aliphatic carbocycles. The van der Waals surface area contributed by atoms with Crippen molar-refractivity contribution in [1.82, 2.24) is 24.9 Å². The van der Waals surface area contributed by atoms with Crippen LogP contribution in [0.5, 0.6) is 0 Å². The van der Waals surface area contributed by atoms with Crippen LogP contribution in [0, 0.1) is 13.8 Å². The van der Waals surface area contributed by atoms with Crippen LogP contribution in [0.1, 0.15) is 29.8 Å². The fraction of sp³-hybridized carbons (Fsp3) is 0.500. The van der Waals surface area contributed by atoms with Gasteiger partial charge in [-0.3, -0.25) is 9.59 Å². The van der Waals surface area contributed by atoms with Crippen LogP contribution in [0.2, 0.25) is 0 Å². The molecule has 0 spiro atoms. The fourth-order valence-corrected chi connectivity index (χ4v) is 2.25. The SMILES string of the molecule is COC(=O)CCNC(=O)CCc1c(C)nc2ncnn2c1C. The highest BCUT2D eigenvalue weighted by Gasteiger charge is 2.12. The first-order valence-corrected chi connectivity index (χ1v) is 7.02. The number of carbonyl (C=O) groups is 2. The highest BCUT2D eigenvalue weighted by molar-refractivity contribution is 5.77. The summed E-state index contributed by atoms with van der Waals surface area (Å²) < 4.78 is 6.18. The molecule has 2 aromatic rings. The second-order valence-corrected chi connectivity index (χ2v) is 4.91. The number of aromatic nitrogens is 4. The quantitative estimate of drug-likeness (QED) is 0.773. The minimum absolute atomic E-state index is 0.110. The Balaban J connectivity index is 1.94. The summed E-state index contributed by atoms with van der Waals surface area (Å²) in [5.41, 5.74) is 2.77. The summed E-state index contributed by atoms with van der Waals surface area (Å²) in [5, 5.41) is 6.81. The molecule has 0 fully saturated rings. The van der Waals surface area contributed by atoms with Gasteiger partial charge in [-0.25, -0.2) is 9.50 Å². The zero-order valence-corrected chi connectivity index (χ0v) is 12.9. The van der Waals surface area contributed by atoms with Gasteiger partial charge in [-0.2, -0.15) is 10.1 Å². The van der Waals surface area contributed by atoms with Gasteiger partial charge in [-0.1, -0.05) is 0 Å². The maximum atomic E-state index is 11.8. The van der Waals surface area contributed by atoms with Gasteiger partial charge in [0.25, 0.3) is 5.78 Å². The summed E-state index contributed by atoms with van der Waals surface area (Å²) in [6.45, 7) is 4.11. The largest absolute Gasteiger partial charge is 0.469 e. The summed E-state index contributed by atoms with van der Waals surface area (Å²) in [4.78, 5) is 31.2. The Morgan fingerprint density at radius 2 is 2.09 bits per heavy atom. The van der Waals surface area contributed by atoms with E-state index in [1.807, 2.05) is 13.8 Å². The van der Waals surface area contributed by atoms with Gasteiger partial charge in [0, 0.05) is 24.4 Å². The van der Waals surface area contributed by atoms with E-state index in [9.17, 15) is 9.59 Å². The van der Waals surface area contributed by atoms with Crippen molar-refractivity contribution >= 4 is 17.7 Å². The van der Waals surface area contributed by atoms with Crippen LogP contribution in [0.15, 0.2) is 6.33 Å². The van der Waals surface area contributed by atoms with Gasteiger partial charge in [0.05, 0.1) is 13.5 Å². The second-order valence-electron chi connectivity index (χ2n) is 4.91. The number of nitrogens with one attached hydrogen (secondary N) is 1. The molecule has 1 N–H and O–H groups in total. The summed E-state index contributed by atoms with van der Waals surface area (Å²) in [6, 6.07) is 0. The number of nitrogens with zero attached hydrogens (tertiary/aromatic N) is 4. The number of hydrogen-bond donors (Lipinski definition) is 1. The van der Waals surface area contributed by atoms with Crippen LogP contribution < -0.4 is 5.32 Å². The van der Waals surface area contributed by atoms with Crippen LogP contribution in [0.25, 0.3) is 5.78 Å². The first-order valence-electron chi connectivity index (χ1n) is 7.02. The number of carbonyl (C=O) groups excluding carboxylic acids is 2. The smallest absolute Gasteiger partial charge is 0.307 e. The van der Waals surface area contributed by atoms with Crippen molar-refractivity contribution < 1.29 is 14.3 Å². The van der Waals surface area contributed by atoms with E-state index in [2.05, 4.69) is 25.1 Å². The summed E-state index contributed by atoms with van der Waals surface area (Å²) in [7, 11) is 1.32. The Kier molecular flexibility index (Phi) is 5.03. The number of methoxy groups -OCH3 is 1. The number of hydrogen-bond acceptors (Lipinski definition) is 6. The monoisotopic (exact) mass is 305 g/mol. The Labute approximate surface area is 127 Å². The minimum Gasteiger partial charge on any atom is -0.469 e. The van der Waals surface area contributed by atoms with Crippen molar-refractivity contribution in [3.63, 3.8) is 0 Å². The van der Waals surface area contributed by atoms with Crippen LogP contribution in [0.3, 0.4) is 0 Å². The van der Waals surface area contributed by atoms with Crippen molar-refractivity contribution in [1.29, 1.82) is 0 Å². The lowest BCUT2D eigenvalue weighted by Crippen LogP contribution is -2.26. The first kappa shape index (κ1) is 15.9. The molecule has 2 rings (SSSR count). The number of amides is 1. The molecular weight excluding hydrogens is 286 g/mol. The van der Waals surface area contributed by atoms with Crippen molar-refractivity contribution in [2.75, 3.05) is 13.7 Å². The zero-order valence-electron chi connectivity index (χ0n) is 12.9. The van der Waals surface area contributed by atoms with Gasteiger partial charge in [0.15, 0.2) is 0 Å². The van der Waals surface area contributed by atoms with Gasteiger partial charge in [0.1, 0.15) is 6.33 Å². The van der Waals surface area contributed by atoms with Crippen LogP contribution in [-0.4, -0.2) is 45.1 Å². The Hall–Kier alpha value is -2.51. The molecule has 22 heavy (non-hydrogen) atoms. The summed E-state index contributed by atoms with van der Waals surface area (Å²) in [6.07, 6.45) is 2.51. The molecule has 0 radical (unpaired) electrons. The molecule has 2 heterocycles. The van der Waals surface area contributed by atoms with E-state index in [0.717, 1.165) is 17.0 Å². The molecule has 8 heteroatoms. The lowest BCUT2D eigenvalue weighted by atomic mass is 10.1. The predicted octanol–water partition coefficient (Wildman–Crippen LogP) is 0.353. The average Bonchev–Trinajstić information content (AvgIpc) is 2.95. The third kappa shape index (κ3) is 3.57. The second kappa shape index (κ2) is 6.97. The minimum atomic E-state index is -0.340. The number of fused-ring (bicyclic) bond motifs is 1. The molecule has 0 aliphatic rings. The summed E-state index contributed by atoms with van der Waals surface area (Å²) >= 11 is 0. The first-order chi connectivity index (χ1) is 10.5. The van der Waals surface area contributed by atoms with Crippen molar-refractivity contribution in [3.05, 3.63) is 23.3 Å². The topological polar surface area (TPSA) is 98.5 Å². The normalized spacial score (nSPS) is 10.7. The zero-order chi connectivity index (χ0) is 16.1. The predicted molar refractivity (Wildman–Crippen MR) is 78.2 cm³/mol. The Morgan fingerprint density at radius 1 is 1.32 bits per heavy atom. The maximum Gasteiger partial charge on any atom is 0.307 e. The third-order valence-corrected chi connectivity index (χ3v) is 3.47. The maximum absolute atomic E-state index is 11.8. The Morgan fingerprint density at radius 3 is 2.82 bits per heavy atom. The molecule has 0 saturated heterocycles. The molecule has 118 valence electrons. The summed E-state index contributed by atoms with van der Waals surface area (Å²) in [5.74, 6) is 0.107. The molecule has 2 aromatic heterocycles.